The fraction of sp³-hybridized carbons (Fsp3) is 0.942. The van der Waals surface area contributed by atoms with Crippen molar-refractivity contribution in [3.63, 3.8) is 0 Å². The second-order valence-corrected chi connectivity index (χ2v) is 25.6. The van der Waals surface area contributed by atoms with E-state index in [2.05, 4.69) is 54.5 Å². The summed E-state index contributed by atoms with van der Waals surface area (Å²) in [7, 11) is 0. The van der Waals surface area contributed by atoms with E-state index in [0.717, 1.165) is 32.1 Å². The lowest BCUT2D eigenvalue weighted by Crippen LogP contribution is -2.68. The molecule has 0 amide bonds. The topological polar surface area (TPSA) is 343 Å². The maximum absolute atomic E-state index is 13.8. The number of rotatable bonds is 10. The number of carbonyl (C=O) groups is 1. The molecule has 0 aromatic rings. The Hall–Kier alpha value is -1.59. The van der Waals surface area contributed by atoms with Crippen molar-refractivity contribution in [1.29, 1.82) is 0 Å². The van der Waals surface area contributed by atoms with Gasteiger partial charge in [-0.15, -0.1) is 0 Å². The molecule has 12 N–H and O–H groups in total. The van der Waals surface area contributed by atoms with Gasteiger partial charge in [0.2, 0.25) is 0 Å². The molecule has 9 fully saturated rings. The van der Waals surface area contributed by atoms with Gasteiger partial charge < -0.3 is 104 Å². The van der Waals surface area contributed by atoms with Crippen LogP contribution in [0.2, 0.25) is 0 Å². The molecule has 10 aliphatic rings. The van der Waals surface area contributed by atoms with E-state index in [9.17, 15) is 66.1 Å². The predicted molar refractivity (Wildman–Crippen MR) is 250 cm³/mol. The molecule has 0 aromatic heterocycles. The van der Waals surface area contributed by atoms with Gasteiger partial charge in [0.05, 0.1) is 38.6 Å². The zero-order valence-electron chi connectivity index (χ0n) is 43.4. The van der Waals surface area contributed by atoms with Crippen LogP contribution in [0, 0.1) is 50.2 Å². The summed E-state index contributed by atoms with van der Waals surface area (Å²) in [4.78, 5) is 13.8. The van der Waals surface area contributed by atoms with E-state index in [0.29, 0.717) is 19.3 Å². The van der Waals surface area contributed by atoms with Crippen LogP contribution in [0.5, 0.6) is 0 Å². The molecule has 422 valence electrons. The lowest BCUT2D eigenvalue weighted by molar-refractivity contribution is -0.384. The van der Waals surface area contributed by atoms with Crippen molar-refractivity contribution in [2.24, 2.45) is 50.2 Å². The molecule has 1 spiro atoms. The van der Waals surface area contributed by atoms with Crippen LogP contribution in [0.25, 0.3) is 0 Å². The molecule has 74 heavy (non-hydrogen) atoms. The lowest BCUT2D eigenvalue weighted by Gasteiger charge is -2.71. The number of carbonyl (C=O) groups excluding carboxylic acids is 1. The van der Waals surface area contributed by atoms with Crippen molar-refractivity contribution in [2.45, 2.75) is 229 Å². The van der Waals surface area contributed by atoms with Crippen molar-refractivity contribution in [3.8, 4) is 0 Å². The van der Waals surface area contributed by atoms with Gasteiger partial charge in [-0.3, -0.25) is 4.79 Å². The summed E-state index contributed by atoms with van der Waals surface area (Å²) in [5, 5.41) is 131. The Bertz CT molecular complexity index is 2090. The normalized spacial score (nSPS) is 55.7. The minimum absolute atomic E-state index is 0.0747. The van der Waals surface area contributed by atoms with Crippen LogP contribution in [-0.2, 0) is 47.4 Å². The van der Waals surface area contributed by atoms with Gasteiger partial charge in [-0.2, -0.15) is 0 Å². The van der Waals surface area contributed by atoms with Crippen LogP contribution >= 0.6 is 0 Å². The van der Waals surface area contributed by atoms with Crippen molar-refractivity contribution < 1.29 is 109 Å². The summed E-state index contributed by atoms with van der Waals surface area (Å²) in [6.45, 7) is 13.5. The number of fused-ring (bicyclic) bond motifs is 7. The van der Waals surface area contributed by atoms with Gasteiger partial charge in [-0.25, -0.2) is 0 Å². The number of aliphatic hydroxyl groups is 12. The Morgan fingerprint density at radius 2 is 1.24 bits per heavy atom. The smallest absolute Gasteiger partial charge is 0.315 e. The summed E-state index contributed by atoms with van der Waals surface area (Å²) in [5.41, 5.74) is -1.35. The molecule has 5 aliphatic carbocycles. The largest absolute Gasteiger partial charge is 0.461 e. The molecule has 10 rings (SSSR count). The van der Waals surface area contributed by atoms with Crippen LogP contribution in [0.1, 0.15) is 99.8 Å². The number of hydrogen-bond donors (Lipinski definition) is 12. The molecule has 5 saturated heterocycles. The fourth-order valence-corrected chi connectivity index (χ4v) is 16.4. The van der Waals surface area contributed by atoms with Crippen molar-refractivity contribution in [1.82, 2.24) is 0 Å². The summed E-state index contributed by atoms with van der Waals surface area (Å²) >= 11 is 0. The lowest BCUT2D eigenvalue weighted by atomic mass is 9.33. The first kappa shape index (κ1) is 55.7. The summed E-state index contributed by atoms with van der Waals surface area (Å²) in [6.07, 6.45) is -23.2. The van der Waals surface area contributed by atoms with Gasteiger partial charge in [-0.05, 0) is 84.4 Å². The Kier molecular flexibility index (Phi) is 14.8. The van der Waals surface area contributed by atoms with E-state index in [4.69, 9.17) is 42.6 Å². The SMILES string of the molecule is CC1(C)C[C@H]2C3=CC[C@@H]4[C@@]5(C)CC[C@H](O[C@@H]6O[C@H](CO[C@@H]7OC[C@H](O)[C@H](O)[C@H]7O[C@@H]7OC[C@H](O)[C@H](O)[C@H]7O)[C@@H](O)[C@H](O)[C@H]6O[C@@H]6O[C@H](CO)[C@@H](O)[C@H](O)[C@H]6O)C(C)(C)C5CC[C@@]4(C)[C@]3(C)C[C@@H](O)[C@@]23C[C@@H]1OC3=O. The van der Waals surface area contributed by atoms with Crippen molar-refractivity contribution in [3.05, 3.63) is 11.6 Å². The van der Waals surface area contributed by atoms with Gasteiger partial charge in [0.1, 0.15) is 97.0 Å². The number of esters is 1. The third kappa shape index (κ3) is 8.45. The van der Waals surface area contributed by atoms with E-state index in [1.165, 1.54) is 5.57 Å². The molecule has 5 aliphatic heterocycles. The van der Waals surface area contributed by atoms with E-state index < -0.39 is 165 Å². The summed E-state index contributed by atoms with van der Waals surface area (Å²) in [6, 6.07) is 0. The Morgan fingerprint density at radius 3 is 1.95 bits per heavy atom. The van der Waals surface area contributed by atoms with Gasteiger partial charge in [-0.1, -0.05) is 60.1 Å². The fourth-order valence-electron chi connectivity index (χ4n) is 16.4. The second kappa shape index (κ2) is 19.6. The zero-order valence-corrected chi connectivity index (χ0v) is 43.4. The molecule has 0 aromatic carbocycles. The maximum Gasteiger partial charge on any atom is 0.315 e. The van der Waals surface area contributed by atoms with E-state index >= 15 is 0 Å². The summed E-state index contributed by atoms with van der Waals surface area (Å²) in [5.74, 6) is -0.131. The third-order valence-electron chi connectivity index (χ3n) is 21.1. The molecule has 4 saturated carbocycles. The number of allylic oxidation sites excluding steroid dienone is 2. The van der Waals surface area contributed by atoms with E-state index in [1.54, 1.807) is 0 Å². The highest BCUT2D eigenvalue weighted by Crippen LogP contribution is 2.77. The zero-order chi connectivity index (χ0) is 53.6. The van der Waals surface area contributed by atoms with Crippen molar-refractivity contribution in [2.75, 3.05) is 26.4 Å². The molecule has 1 unspecified atom stereocenters. The first-order chi connectivity index (χ1) is 34.7. The van der Waals surface area contributed by atoms with Gasteiger partial charge in [0.15, 0.2) is 25.2 Å². The number of aliphatic hydroxyl groups excluding tert-OH is 12. The summed E-state index contributed by atoms with van der Waals surface area (Å²) < 4.78 is 54.2. The van der Waals surface area contributed by atoms with Crippen LogP contribution in [0.15, 0.2) is 11.6 Å². The van der Waals surface area contributed by atoms with Gasteiger partial charge in [0.25, 0.3) is 0 Å². The van der Waals surface area contributed by atoms with Gasteiger partial charge >= 0.3 is 5.97 Å². The number of ether oxygens (including phenoxy) is 9. The number of hydrogen-bond acceptors (Lipinski definition) is 22. The first-order valence-electron chi connectivity index (χ1n) is 26.8. The molecular formula is C52H82O22. The monoisotopic (exact) mass is 1060 g/mol. The maximum atomic E-state index is 13.8. The highest BCUT2D eigenvalue weighted by atomic mass is 16.8. The van der Waals surface area contributed by atoms with E-state index in [-0.39, 0.29) is 46.1 Å². The molecule has 28 atom stereocenters. The van der Waals surface area contributed by atoms with E-state index in [1.807, 2.05) is 0 Å². The quantitative estimate of drug-likeness (QED) is 0.0654. The molecule has 5 heterocycles. The average molecular weight is 1060 g/mol. The van der Waals surface area contributed by atoms with Crippen LogP contribution in [0.4, 0.5) is 0 Å². The van der Waals surface area contributed by atoms with Crippen molar-refractivity contribution >= 4 is 5.97 Å². The van der Waals surface area contributed by atoms with Crippen LogP contribution in [-0.4, -0.2) is 223 Å². The van der Waals surface area contributed by atoms with Crippen LogP contribution in [0.3, 0.4) is 0 Å². The first-order valence-corrected chi connectivity index (χ1v) is 26.8. The second-order valence-electron chi connectivity index (χ2n) is 25.6. The highest BCUT2D eigenvalue weighted by Gasteiger charge is 2.75. The minimum Gasteiger partial charge on any atom is -0.461 e. The Morgan fingerprint density at radius 1 is 0.622 bits per heavy atom. The minimum atomic E-state index is -1.88. The molecule has 0 radical (unpaired) electrons. The molecule has 2 bridgehead atoms. The van der Waals surface area contributed by atoms with Gasteiger partial charge in [0, 0.05) is 11.8 Å². The third-order valence-corrected chi connectivity index (χ3v) is 21.1. The molecule has 22 heteroatoms. The Balaban J connectivity index is 0.902. The van der Waals surface area contributed by atoms with Crippen LogP contribution < -0.4 is 0 Å². The molecule has 22 nitrogen and oxygen atoms in total. The highest BCUT2D eigenvalue weighted by molar-refractivity contribution is 5.82. The Labute approximate surface area is 430 Å². The molecular weight excluding hydrogens is 977 g/mol. The standard InChI is InChI=1S/C52H82O22/c1-47(2)14-22-21-8-9-28-49(5)12-11-30(48(3,4)27(49)10-13-50(28,6)51(21,7)15-29(56)52(22)16-31(47)72-46(52)65)71-45-41(74-43-39(64)36(61)34(59)25(17-53)69-43)37(62)35(60)26(70-45)20-68-44-40(33(58)24(55)19-67-44)73-42-38(63)32(57)23(54)18-66-42/h8,22-45,53-64H,9-20H2,1-7H3/t22-,23-,24-,25+,26+,27?,28+,29+,30-,31-,32-,33-,34+,35+,36-,37-,38+,39+,40+,41+,42-,43-,44-,45-,49-,50+,51+,52+/m0/s1. The average Bonchev–Trinajstić information content (AvgIpc) is 3.68. The predicted octanol–water partition coefficient (Wildman–Crippen LogP) is -1.77.